The van der Waals surface area contributed by atoms with Gasteiger partial charge in [-0.1, -0.05) is 12.1 Å². The van der Waals surface area contributed by atoms with E-state index in [2.05, 4.69) is 36.0 Å². The molecule has 5 nitrogen and oxygen atoms in total. The van der Waals surface area contributed by atoms with E-state index in [1.807, 2.05) is 36.0 Å². The summed E-state index contributed by atoms with van der Waals surface area (Å²) in [6, 6.07) is 7.48. The number of aliphatic hydroxyl groups excluding tert-OH is 1. The van der Waals surface area contributed by atoms with Gasteiger partial charge in [0.2, 0.25) is 0 Å². The minimum atomic E-state index is -0.614. The number of nitrogens with zero attached hydrogens (tertiary/aromatic N) is 2. The number of aliphatic imine (C=N–C) groups is 1. The summed E-state index contributed by atoms with van der Waals surface area (Å²) in [6.07, 6.45) is -0.614. The minimum absolute atomic E-state index is 0.225. The molecule has 1 fully saturated rings. The quantitative estimate of drug-likeness (QED) is 0.631. The van der Waals surface area contributed by atoms with E-state index in [1.165, 1.54) is 0 Å². The number of methoxy groups -OCH3 is 1. The molecule has 0 spiro atoms. The van der Waals surface area contributed by atoms with Gasteiger partial charge in [-0.25, -0.2) is 0 Å². The average molecular weight is 352 g/mol. The molecule has 24 heavy (non-hydrogen) atoms. The molecule has 1 aromatic rings. The molecule has 0 amide bonds. The molecule has 0 bridgehead atoms. The predicted octanol–water partition coefficient (Wildman–Crippen LogP) is 2.52. The number of ether oxygens (including phenoxy) is 1. The van der Waals surface area contributed by atoms with E-state index in [1.54, 1.807) is 7.11 Å². The summed E-state index contributed by atoms with van der Waals surface area (Å²) in [6.45, 7) is 9.71. The zero-order valence-electron chi connectivity index (χ0n) is 15.1. The molecule has 2 rings (SSSR count). The van der Waals surface area contributed by atoms with E-state index in [0.29, 0.717) is 6.54 Å². The lowest BCUT2D eigenvalue weighted by Crippen LogP contribution is -2.51. The van der Waals surface area contributed by atoms with Crippen LogP contribution in [0.3, 0.4) is 0 Å². The third-order valence-corrected chi connectivity index (χ3v) is 5.27. The minimum Gasteiger partial charge on any atom is -0.497 e. The van der Waals surface area contributed by atoms with Gasteiger partial charge in [0.15, 0.2) is 5.96 Å². The normalized spacial score (nSPS) is 19.0. The van der Waals surface area contributed by atoms with Crippen molar-refractivity contribution in [2.75, 3.05) is 39.0 Å². The predicted molar refractivity (Wildman–Crippen MR) is 102 cm³/mol. The molecule has 1 aromatic carbocycles. The van der Waals surface area contributed by atoms with Crippen LogP contribution in [0.4, 0.5) is 0 Å². The van der Waals surface area contributed by atoms with E-state index >= 15 is 0 Å². The first kappa shape index (κ1) is 18.9. The third kappa shape index (κ3) is 5.31. The lowest BCUT2D eigenvalue weighted by Gasteiger charge is -2.39. The Kier molecular flexibility index (Phi) is 6.80. The second kappa shape index (κ2) is 8.62. The fourth-order valence-corrected chi connectivity index (χ4v) is 3.84. The fraction of sp³-hybridized carbons (Fsp3) is 0.611. The Morgan fingerprint density at radius 3 is 2.71 bits per heavy atom. The summed E-state index contributed by atoms with van der Waals surface area (Å²) >= 11 is 2.00. The molecule has 6 heteroatoms. The SMILES string of the molecule is CCNC(=NCC(O)c1ccc(OC)cc1)N1CCSC(C)(C)C1. The summed E-state index contributed by atoms with van der Waals surface area (Å²) in [5, 5.41) is 13.8. The van der Waals surface area contributed by atoms with Crippen LogP contribution in [0.25, 0.3) is 0 Å². The van der Waals surface area contributed by atoms with Crippen molar-refractivity contribution < 1.29 is 9.84 Å². The maximum atomic E-state index is 10.4. The average Bonchev–Trinajstić information content (AvgIpc) is 2.57. The van der Waals surface area contributed by atoms with Gasteiger partial charge in [-0.05, 0) is 38.5 Å². The highest BCUT2D eigenvalue weighted by atomic mass is 32.2. The standard InChI is InChI=1S/C18H29N3O2S/c1-5-19-17(21-10-11-24-18(2,3)13-21)20-12-16(22)14-6-8-15(23-4)9-7-14/h6-9,16,22H,5,10-13H2,1-4H3,(H,19,20). The lowest BCUT2D eigenvalue weighted by molar-refractivity contribution is 0.186. The number of hydrogen-bond donors (Lipinski definition) is 2. The van der Waals surface area contributed by atoms with E-state index in [-0.39, 0.29) is 4.75 Å². The van der Waals surface area contributed by atoms with E-state index < -0.39 is 6.10 Å². The van der Waals surface area contributed by atoms with Crippen LogP contribution in [0, 0.1) is 0 Å². The van der Waals surface area contributed by atoms with Crippen LogP contribution in [0.5, 0.6) is 5.75 Å². The second-order valence-electron chi connectivity index (χ2n) is 6.51. The zero-order chi connectivity index (χ0) is 17.6. The van der Waals surface area contributed by atoms with Crippen molar-refractivity contribution in [2.45, 2.75) is 31.6 Å². The van der Waals surface area contributed by atoms with Gasteiger partial charge in [0, 0.05) is 30.1 Å². The number of thioether (sulfide) groups is 1. The summed E-state index contributed by atoms with van der Waals surface area (Å²) in [4.78, 5) is 6.95. The molecule has 1 saturated heterocycles. The number of benzene rings is 1. The summed E-state index contributed by atoms with van der Waals surface area (Å²) in [5.74, 6) is 2.77. The van der Waals surface area contributed by atoms with Crippen molar-refractivity contribution in [3.63, 3.8) is 0 Å². The van der Waals surface area contributed by atoms with Crippen molar-refractivity contribution in [3.05, 3.63) is 29.8 Å². The molecular weight excluding hydrogens is 322 g/mol. The molecule has 1 aliphatic rings. The van der Waals surface area contributed by atoms with Crippen molar-refractivity contribution in [1.82, 2.24) is 10.2 Å². The monoisotopic (exact) mass is 351 g/mol. The van der Waals surface area contributed by atoms with Crippen molar-refractivity contribution in [1.29, 1.82) is 0 Å². The van der Waals surface area contributed by atoms with Crippen LogP contribution in [0.15, 0.2) is 29.3 Å². The molecule has 1 heterocycles. The summed E-state index contributed by atoms with van der Waals surface area (Å²) in [5.41, 5.74) is 0.852. The fourth-order valence-electron chi connectivity index (χ4n) is 2.73. The van der Waals surface area contributed by atoms with Crippen molar-refractivity contribution in [3.8, 4) is 5.75 Å². The molecule has 1 atom stereocenters. The summed E-state index contributed by atoms with van der Waals surface area (Å²) < 4.78 is 5.38. The van der Waals surface area contributed by atoms with Crippen molar-refractivity contribution in [2.24, 2.45) is 4.99 Å². The Morgan fingerprint density at radius 2 is 2.12 bits per heavy atom. The Morgan fingerprint density at radius 1 is 1.42 bits per heavy atom. The molecule has 0 saturated carbocycles. The first-order valence-corrected chi connectivity index (χ1v) is 9.43. The zero-order valence-corrected chi connectivity index (χ0v) is 15.9. The summed E-state index contributed by atoms with van der Waals surface area (Å²) in [7, 11) is 1.64. The lowest BCUT2D eigenvalue weighted by atomic mass is 10.1. The van der Waals surface area contributed by atoms with Gasteiger partial charge in [-0.3, -0.25) is 4.99 Å². The van der Waals surface area contributed by atoms with Crippen LogP contribution >= 0.6 is 11.8 Å². The van der Waals surface area contributed by atoms with Crippen LogP contribution in [-0.4, -0.2) is 59.8 Å². The number of rotatable bonds is 5. The van der Waals surface area contributed by atoms with Crippen LogP contribution < -0.4 is 10.1 Å². The third-order valence-electron chi connectivity index (χ3n) is 3.97. The van der Waals surface area contributed by atoms with Gasteiger partial charge in [-0.2, -0.15) is 11.8 Å². The van der Waals surface area contributed by atoms with E-state index in [4.69, 9.17) is 4.74 Å². The number of nitrogens with one attached hydrogen (secondary N) is 1. The van der Waals surface area contributed by atoms with Gasteiger partial charge in [0.1, 0.15) is 5.75 Å². The maximum Gasteiger partial charge on any atom is 0.194 e. The molecular formula is C18H29N3O2S. The van der Waals surface area contributed by atoms with Gasteiger partial charge >= 0.3 is 0 Å². The Bertz CT molecular complexity index is 546. The van der Waals surface area contributed by atoms with E-state index in [9.17, 15) is 5.11 Å². The Hall–Kier alpha value is -1.40. The van der Waals surface area contributed by atoms with Gasteiger partial charge < -0.3 is 20.1 Å². The van der Waals surface area contributed by atoms with Crippen LogP contribution in [-0.2, 0) is 0 Å². The smallest absolute Gasteiger partial charge is 0.194 e. The molecule has 0 aromatic heterocycles. The second-order valence-corrected chi connectivity index (χ2v) is 8.32. The molecule has 0 radical (unpaired) electrons. The van der Waals surface area contributed by atoms with E-state index in [0.717, 1.165) is 42.7 Å². The highest BCUT2D eigenvalue weighted by Crippen LogP contribution is 2.29. The first-order valence-electron chi connectivity index (χ1n) is 8.44. The molecule has 1 unspecified atom stereocenters. The topological polar surface area (TPSA) is 57.1 Å². The van der Waals surface area contributed by atoms with Crippen LogP contribution in [0.2, 0.25) is 0 Å². The number of guanidine groups is 1. The number of aliphatic hydroxyl groups is 1. The Balaban J connectivity index is 2.03. The largest absolute Gasteiger partial charge is 0.497 e. The number of hydrogen-bond acceptors (Lipinski definition) is 4. The molecule has 134 valence electrons. The van der Waals surface area contributed by atoms with Gasteiger partial charge in [0.25, 0.3) is 0 Å². The highest BCUT2D eigenvalue weighted by molar-refractivity contribution is 8.00. The first-order chi connectivity index (χ1) is 11.4. The van der Waals surface area contributed by atoms with Gasteiger partial charge in [0.05, 0.1) is 19.8 Å². The molecule has 1 aliphatic heterocycles. The van der Waals surface area contributed by atoms with Gasteiger partial charge in [-0.15, -0.1) is 0 Å². The van der Waals surface area contributed by atoms with Crippen LogP contribution in [0.1, 0.15) is 32.4 Å². The molecule has 0 aliphatic carbocycles. The molecule has 2 N–H and O–H groups in total. The van der Waals surface area contributed by atoms with Crippen molar-refractivity contribution >= 4 is 17.7 Å². The maximum absolute atomic E-state index is 10.4. The highest BCUT2D eigenvalue weighted by Gasteiger charge is 2.28. The Labute approximate surface area is 149 Å².